The number of carbonyl (C=O) groups is 2. The van der Waals surface area contributed by atoms with E-state index in [4.69, 9.17) is 14.3 Å². The van der Waals surface area contributed by atoms with Crippen molar-refractivity contribution in [3.05, 3.63) is 47.4 Å². The zero-order valence-corrected chi connectivity index (χ0v) is 14.7. The third kappa shape index (κ3) is 5.38. The highest BCUT2D eigenvalue weighted by Gasteiger charge is 2.16. The Morgan fingerprint density at radius 1 is 1.24 bits per heavy atom. The number of nitrogens with one attached hydrogen (secondary N) is 1. The monoisotopic (exact) mass is 345 g/mol. The van der Waals surface area contributed by atoms with Crippen LogP contribution in [-0.4, -0.2) is 23.6 Å². The molecule has 0 saturated heterocycles. The first-order valence-electron chi connectivity index (χ1n) is 8.23. The van der Waals surface area contributed by atoms with E-state index < -0.39 is 5.97 Å². The smallest absolute Gasteiger partial charge is 0.303 e. The van der Waals surface area contributed by atoms with Crippen LogP contribution in [-0.2, 0) is 4.79 Å². The molecule has 1 aromatic heterocycles. The highest BCUT2D eigenvalue weighted by molar-refractivity contribution is 6.05. The molecule has 25 heavy (non-hydrogen) atoms. The van der Waals surface area contributed by atoms with E-state index in [1.165, 1.54) is 0 Å². The topological polar surface area (TPSA) is 88.8 Å². The Balaban J connectivity index is 1.92. The van der Waals surface area contributed by atoms with Gasteiger partial charge >= 0.3 is 5.97 Å². The Hall–Kier alpha value is -2.76. The minimum absolute atomic E-state index is 0.0799. The lowest BCUT2D eigenvalue weighted by molar-refractivity contribution is -0.137. The van der Waals surface area contributed by atoms with Crippen LogP contribution >= 0.6 is 0 Å². The van der Waals surface area contributed by atoms with Gasteiger partial charge in [0.15, 0.2) is 0 Å². The molecule has 0 aliphatic rings. The Morgan fingerprint density at radius 3 is 2.48 bits per heavy atom. The molecule has 0 atom stereocenters. The first-order chi connectivity index (χ1) is 11.9. The largest absolute Gasteiger partial charge is 0.494 e. The summed E-state index contributed by atoms with van der Waals surface area (Å²) < 4.78 is 11.1. The highest BCUT2D eigenvalue weighted by atomic mass is 16.5. The molecule has 0 bridgehead atoms. The number of carboxylic acid groups (broad SMARTS) is 1. The molecule has 0 unspecified atom stereocenters. The van der Waals surface area contributed by atoms with Crippen molar-refractivity contribution < 1.29 is 23.8 Å². The number of anilines is 1. The second-order valence-corrected chi connectivity index (χ2v) is 6.10. The molecule has 0 fully saturated rings. The number of benzene rings is 1. The maximum Gasteiger partial charge on any atom is 0.303 e. The summed E-state index contributed by atoms with van der Waals surface area (Å²) >= 11 is 0. The fourth-order valence-electron chi connectivity index (χ4n) is 2.26. The van der Waals surface area contributed by atoms with Crippen molar-refractivity contribution in [1.82, 2.24) is 0 Å². The lowest BCUT2D eigenvalue weighted by atomic mass is 10.1. The SMILES string of the molecule is Cc1oc(C(C)C)cc1C(=O)Nc1ccc(OCCCC(=O)O)cc1. The van der Waals surface area contributed by atoms with Crippen LogP contribution in [0.15, 0.2) is 34.7 Å². The van der Waals surface area contributed by atoms with Gasteiger partial charge in [0, 0.05) is 18.0 Å². The number of amides is 1. The number of ether oxygens (including phenoxy) is 1. The molecule has 1 heterocycles. The molecule has 0 spiro atoms. The number of hydrogen-bond acceptors (Lipinski definition) is 4. The van der Waals surface area contributed by atoms with Crippen LogP contribution < -0.4 is 10.1 Å². The Labute approximate surface area is 146 Å². The van der Waals surface area contributed by atoms with Gasteiger partial charge < -0.3 is 19.6 Å². The first kappa shape index (κ1) is 18.6. The predicted molar refractivity (Wildman–Crippen MR) is 94.3 cm³/mol. The standard InChI is InChI=1S/C19H23NO5/c1-12(2)17-11-16(13(3)25-17)19(23)20-14-6-8-15(9-7-14)24-10-4-5-18(21)22/h6-9,11-12H,4-5,10H2,1-3H3,(H,20,23)(H,21,22). The molecule has 6 nitrogen and oxygen atoms in total. The zero-order chi connectivity index (χ0) is 18.4. The normalized spacial score (nSPS) is 10.7. The first-order valence-corrected chi connectivity index (χ1v) is 8.23. The summed E-state index contributed by atoms with van der Waals surface area (Å²) in [6.07, 6.45) is 0.530. The molecule has 1 aromatic carbocycles. The zero-order valence-electron chi connectivity index (χ0n) is 14.7. The van der Waals surface area contributed by atoms with Gasteiger partial charge in [0.25, 0.3) is 5.91 Å². The van der Waals surface area contributed by atoms with Gasteiger partial charge in [-0.25, -0.2) is 0 Å². The molecular formula is C19H23NO5. The summed E-state index contributed by atoms with van der Waals surface area (Å²) in [7, 11) is 0. The molecule has 6 heteroatoms. The van der Waals surface area contributed by atoms with E-state index in [0.717, 1.165) is 5.76 Å². The summed E-state index contributed by atoms with van der Waals surface area (Å²) in [4.78, 5) is 22.8. The molecule has 134 valence electrons. The second kappa shape index (κ2) is 8.37. The number of furan rings is 1. The van der Waals surface area contributed by atoms with Gasteiger partial charge in [-0.15, -0.1) is 0 Å². The van der Waals surface area contributed by atoms with Gasteiger partial charge in [-0.1, -0.05) is 13.8 Å². The molecule has 0 aliphatic carbocycles. The van der Waals surface area contributed by atoms with Crippen LogP contribution in [0.2, 0.25) is 0 Å². The van der Waals surface area contributed by atoms with Gasteiger partial charge in [0.2, 0.25) is 0 Å². The lowest BCUT2D eigenvalue weighted by Crippen LogP contribution is -2.12. The van der Waals surface area contributed by atoms with E-state index in [1.807, 2.05) is 13.8 Å². The van der Waals surface area contributed by atoms with Crippen LogP contribution in [0.3, 0.4) is 0 Å². The third-order valence-electron chi connectivity index (χ3n) is 3.67. The van der Waals surface area contributed by atoms with Crippen molar-refractivity contribution in [2.75, 3.05) is 11.9 Å². The van der Waals surface area contributed by atoms with Gasteiger partial charge in [-0.05, 0) is 43.7 Å². The molecule has 0 aliphatic heterocycles. The van der Waals surface area contributed by atoms with E-state index in [9.17, 15) is 9.59 Å². The second-order valence-electron chi connectivity index (χ2n) is 6.10. The van der Waals surface area contributed by atoms with Crippen LogP contribution in [0.1, 0.15) is 54.5 Å². The van der Waals surface area contributed by atoms with Gasteiger partial charge in [0.1, 0.15) is 17.3 Å². The quantitative estimate of drug-likeness (QED) is 0.700. The fraction of sp³-hybridized carbons (Fsp3) is 0.368. The molecule has 2 rings (SSSR count). The van der Waals surface area contributed by atoms with Crippen LogP contribution in [0.4, 0.5) is 5.69 Å². The summed E-state index contributed by atoms with van der Waals surface area (Å²) in [6, 6.07) is 8.72. The Bertz CT molecular complexity index is 731. The van der Waals surface area contributed by atoms with Crippen molar-refractivity contribution in [2.24, 2.45) is 0 Å². The van der Waals surface area contributed by atoms with Crippen LogP contribution in [0.25, 0.3) is 0 Å². The molecule has 0 radical (unpaired) electrons. The fourth-order valence-corrected chi connectivity index (χ4v) is 2.26. The predicted octanol–water partition coefficient (Wildman–Crippen LogP) is 4.21. The number of aliphatic carboxylic acids is 1. The number of rotatable bonds is 8. The summed E-state index contributed by atoms with van der Waals surface area (Å²) in [6.45, 7) is 6.13. The van der Waals surface area contributed by atoms with Gasteiger partial charge in [-0.2, -0.15) is 0 Å². The van der Waals surface area contributed by atoms with E-state index >= 15 is 0 Å². The average molecular weight is 345 g/mol. The van der Waals surface area contributed by atoms with E-state index in [0.29, 0.717) is 35.8 Å². The lowest BCUT2D eigenvalue weighted by Gasteiger charge is -2.07. The van der Waals surface area contributed by atoms with Crippen molar-refractivity contribution in [3.63, 3.8) is 0 Å². The van der Waals surface area contributed by atoms with Crippen molar-refractivity contribution in [3.8, 4) is 5.75 Å². The van der Waals surface area contributed by atoms with E-state index in [-0.39, 0.29) is 18.2 Å². The van der Waals surface area contributed by atoms with E-state index in [2.05, 4.69) is 5.32 Å². The number of carbonyl (C=O) groups excluding carboxylic acids is 1. The highest BCUT2D eigenvalue weighted by Crippen LogP contribution is 2.23. The summed E-state index contributed by atoms with van der Waals surface area (Å²) in [5.74, 6) is 1.18. The number of hydrogen-bond donors (Lipinski definition) is 2. The number of aryl methyl sites for hydroxylation is 1. The van der Waals surface area contributed by atoms with Crippen LogP contribution in [0.5, 0.6) is 5.75 Å². The molecule has 0 saturated carbocycles. The Morgan fingerprint density at radius 2 is 1.92 bits per heavy atom. The van der Waals surface area contributed by atoms with Gasteiger partial charge in [0.05, 0.1) is 12.2 Å². The van der Waals surface area contributed by atoms with E-state index in [1.54, 1.807) is 37.3 Å². The molecule has 1 amide bonds. The summed E-state index contributed by atoms with van der Waals surface area (Å²) in [5, 5.41) is 11.4. The number of carboxylic acids is 1. The molecule has 2 N–H and O–H groups in total. The minimum atomic E-state index is -0.836. The van der Waals surface area contributed by atoms with Crippen LogP contribution in [0, 0.1) is 6.92 Å². The Kier molecular flexibility index (Phi) is 6.22. The minimum Gasteiger partial charge on any atom is -0.494 e. The molecular weight excluding hydrogens is 322 g/mol. The average Bonchev–Trinajstić information content (AvgIpc) is 2.95. The maximum absolute atomic E-state index is 12.4. The van der Waals surface area contributed by atoms with Crippen molar-refractivity contribution in [2.45, 2.75) is 39.5 Å². The van der Waals surface area contributed by atoms with Crippen molar-refractivity contribution >= 4 is 17.6 Å². The van der Waals surface area contributed by atoms with Gasteiger partial charge in [-0.3, -0.25) is 9.59 Å². The molecule has 2 aromatic rings. The third-order valence-corrected chi connectivity index (χ3v) is 3.67. The maximum atomic E-state index is 12.4. The summed E-state index contributed by atoms with van der Waals surface area (Å²) in [5.41, 5.74) is 1.17. The van der Waals surface area contributed by atoms with Crippen molar-refractivity contribution in [1.29, 1.82) is 0 Å².